The van der Waals surface area contributed by atoms with Crippen LogP contribution in [0.25, 0.3) is 10.9 Å². The van der Waals surface area contributed by atoms with E-state index in [0.717, 1.165) is 10.9 Å². The van der Waals surface area contributed by atoms with Crippen LogP contribution in [0.1, 0.15) is 11.1 Å². The maximum atomic E-state index is 12.0. The number of pyridine rings is 1. The van der Waals surface area contributed by atoms with Gasteiger partial charge in [-0.25, -0.2) is 4.98 Å². The molecule has 2 aromatic carbocycles. The maximum absolute atomic E-state index is 12.0. The van der Waals surface area contributed by atoms with Gasteiger partial charge in [0, 0.05) is 29.6 Å². The molecule has 1 aromatic heterocycles. The molecule has 0 spiro atoms. The molecule has 0 bridgehead atoms. The summed E-state index contributed by atoms with van der Waals surface area (Å²) >= 11 is 5.85. The second-order valence-corrected chi connectivity index (χ2v) is 6.91. The fraction of sp³-hybridized carbons (Fsp3) is 0.190. The van der Waals surface area contributed by atoms with E-state index in [1.807, 2.05) is 18.2 Å². The van der Waals surface area contributed by atoms with E-state index < -0.39 is 0 Å². The Morgan fingerprint density at radius 1 is 1.14 bits per heavy atom. The molecule has 1 aliphatic heterocycles. The van der Waals surface area contributed by atoms with Gasteiger partial charge in [-0.15, -0.1) is 0 Å². The standard InChI is InChI=1S/C21H17ClN4O3/c22-16-3-1-13(2-4-16)7-20(27)24-5-6-25-21-15(11-23)8-14-9-18-19(29-12-28-18)10-17(14)26-21/h1-4,8-10H,5-7,12H2,(H,24,27)(H,25,26). The Kier molecular flexibility index (Phi) is 5.36. The zero-order valence-corrected chi connectivity index (χ0v) is 16.1. The number of anilines is 1. The van der Waals surface area contributed by atoms with Crippen LogP contribution in [0.15, 0.2) is 42.5 Å². The number of nitrogens with zero attached hydrogens (tertiary/aromatic N) is 2. The molecule has 0 aliphatic carbocycles. The minimum atomic E-state index is -0.0891. The number of amides is 1. The third-order valence-electron chi connectivity index (χ3n) is 4.45. The lowest BCUT2D eigenvalue weighted by Gasteiger charge is -2.10. The van der Waals surface area contributed by atoms with Crippen LogP contribution in [-0.4, -0.2) is 30.8 Å². The molecule has 3 aromatic rings. The number of rotatable bonds is 6. The van der Waals surface area contributed by atoms with Crippen LogP contribution < -0.4 is 20.1 Å². The Labute approximate surface area is 172 Å². The van der Waals surface area contributed by atoms with Gasteiger partial charge in [-0.3, -0.25) is 4.79 Å². The van der Waals surface area contributed by atoms with Crippen molar-refractivity contribution in [3.63, 3.8) is 0 Å². The number of benzene rings is 2. The van der Waals surface area contributed by atoms with Gasteiger partial charge >= 0.3 is 0 Å². The molecule has 29 heavy (non-hydrogen) atoms. The predicted octanol–water partition coefficient (Wildman–Crippen LogP) is 3.26. The second-order valence-electron chi connectivity index (χ2n) is 6.47. The fourth-order valence-corrected chi connectivity index (χ4v) is 3.14. The zero-order valence-electron chi connectivity index (χ0n) is 15.4. The number of hydrogen-bond donors (Lipinski definition) is 2. The number of carbonyl (C=O) groups excluding carboxylic acids is 1. The van der Waals surface area contributed by atoms with Crippen LogP contribution in [0.5, 0.6) is 11.5 Å². The molecule has 1 aliphatic rings. The van der Waals surface area contributed by atoms with Crippen molar-refractivity contribution in [3.8, 4) is 17.6 Å². The van der Waals surface area contributed by atoms with Gasteiger partial charge in [0.25, 0.3) is 0 Å². The lowest BCUT2D eigenvalue weighted by atomic mass is 10.1. The van der Waals surface area contributed by atoms with Crippen molar-refractivity contribution in [2.45, 2.75) is 6.42 Å². The first-order valence-corrected chi connectivity index (χ1v) is 9.40. The van der Waals surface area contributed by atoms with Gasteiger partial charge in [0.05, 0.1) is 17.5 Å². The average molecular weight is 409 g/mol. The molecule has 0 fully saturated rings. The molecule has 8 heteroatoms. The maximum Gasteiger partial charge on any atom is 0.231 e. The Hall–Kier alpha value is -3.50. The summed E-state index contributed by atoms with van der Waals surface area (Å²) in [7, 11) is 0. The SMILES string of the molecule is N#Cc1cc2cc3c(cc2nc1NCCNC(=O)Cc1ccc(Cl)cc1)OCO3. The molecule has 0 saturated heterocycles. The number of fused-ring (bicyclic) bond motifs is 2. The highest BCUT2D eigenvalue weighted by Crippen LogP contribution is 2.36. The number of ether oxygens (including phenoxy) is 2. The number of hydrogen-bond acceptors (Lipinski definition) is 6. The summed E-state index contributed by atoms with van der Waals surface area (Å²) in [6.45, 7) is 1.01. The molecule has 0 saturated carbocycles. The van der Waals surface area contributed by atoms with E-state index in [4.69, 9.17) is 21.1 Å². The summed E-state index contributed by atoms with van der Waals surface area (Å²) in [4.78, 5) is 16.6. The summed E-state index contributed by atoms with van der Waals surface area (Å²) in [5.74, 6) is 1.65. The lowest BCUT2D eigenvalue weighted by molar-refractivity contribution is -0.120. The zero-order chi connectivity index (χ0) is 20.2. The summed E-state index contributed by atoms with van der Waals surface area (Å²) < 4.78 is 10.7. The Morgan fingerprint density at radius 3 is 2.66 bits per heavy atom. The summed E-state index contributed by atoms with van der Waals surface area (Å²) in [6, 6.07) is 14.7. The van der Waals surface area contributed by atoms with E-state index in [1.54, 1.807) is 24.3 Å². The molecule has 1 amide bonds. The van der Waals surface area contributed by atoms with Gasteiger partial charge in [-0.05, 0) is 29.8 Å². The van der Waals surface area contributed by atoms with Crippen LogP contribution in [0.4, 0.5) is 5.82 Å². The van der Waals surface area contributed by atoms with Gasteiger partial charge in [0.15, 0.2) is 11.5 Å². The van der Waals surface area contributed by atoms with E-state index in [9.17, 15) is 10.1 Å². The quantitative estimate of drug-likeness (QED) is 0.608. The second kappa shape index (κ2) is 8.25. The van der Waals surface area contributed by atoms with E-state index >= 15 is 0 Å². The molecule has 7 nitrogen and oxygen atoms in total. The van der Waals surface area contributed by atoms with Crippen molar-refractivity contribution in [2.75, 3.05) is 25.2 Å². The van der Waals surface area contributed by atoms with Crippen molar-refractivity contribution in [1.29, 1.82) is 5.26 Å². The highest BCUT2D eigenvalue weighted by Gasteiger charge is 2.16. The molecular weight excluding hydrogens is 392 g/mol. The van der Waals surface area contributed by atoms with Crippen LogP contribution in [0, 0.1) is 11.3 Å². The largest absolute Gasteiger partial charge is 0.454 e. The summed E-state index contributed by atoms with van der Waals surface area (Å²) in [5, 5.41) is 16.8. The molecule has 146 valence electrons. The normalized spacial score (nSPS) is 11.9. The van der Waals surface area contributed by atoms with Crippen molar-refractivity contribution >= 4 is 34.2 Å². The van der Waals surface area contributed by atoms with E-state index in [0.29, 0.717) is 46.5 Å². The van der Waals surface area contributed by atoms with Crippen molar-refractivity contribution in [1.82, 2.24) is 10.3 Å². The molecule has 0 unspecified atom stereocenters. The van der Waals surface area contributed by atoms with Crippen LogP contribution in [0.3, 0.4) is 0 Å². The van der Waals surface area contributed by atoms with Gasteiger partial charge in [-0.2, -0.15) is 5.26 Å². The van der Waals surface area contributed by atoms with Crippen LogP contribution in [-0.2, 0) is 11.2 Å². The van der Waals surface area contributed by atoms with Gasteiger partial charge < -0.3 is 20.1 Å². The van der Waals surface area contributed by atoms with E-state index in [-0.39, 0.29) is 19.1 Å². The van der Waals surface area contributed by atoms with E-state index in [1.165, 1.54) is 0 Å². The molecule has 4 rings (SSSR count). The number of nitrogens with one attached hydrogen (secondary N) is 2. The van der Waals surface area contributed by atoms with Gasteiger partial charge in [-0.1, -0.05) is 23.7 Å². The van der Waals surface area contributed by atoms with Crippen molar-refractivity contribution < 1.29 is 14.3 Å². The Bertz CT molecular complexity index is 1110. The minimum Gasteiger partial charge on any atom is -0.454 e. The predicted molar refractivity (Wildman–Crippen MR) is 109 cm³/mol. The number of carbonyl (C=O) groups is 1. The van der Waals surface area contributed by atoms with Gasteiger partial charge in [0.2, 0.25) is 12.7 Å². The fourth-order valence-electron chi connectivity index (χ4n) is 3.02. The number of halogens is 1. The molecular formula is C21H17ClN4O3. The van der Waals surface area contributed by atoms with Crippen LogP contribution in [0.2, 0.25) is 5.02 Å². The lowest BCUT2D eigenvalue weighted by Crippen LogP contribution is -2.30. The monoisotopic (exact) mass is 408 g/mol. The Balaban J connectivity index is 1.36. The topological polar surface area (TPSA) is 96.3 Å². The summed E-state index contributed by atoms with van der Waals surface area (Å²) in [5.41, 5.74) is 2.01. The summed E-state index contributed by atoms with van der Waals surface area (Å²) in [6.07, 6.45) is 0.280. The highest BCUT2D eigenvalue weighted by atomic mass is 35.5. The van der Waals surface area contributed by atoms with E-state index in [2.05, 4.69) is 21.7 Å². The molecule has 0 radical (unpaired) electrons. The third kappa shape index (κ3) is 4.33. The average Bonchev–Trinajstić information content (AvgIpc) is 3.17. The number of aromatic nitrogens is 1. The number of nitriles is 1. The molecule has 2 N–H and O–H groups in total. The Morgan fingerprint density at radius 2 is 1.90 bits per heavy atom. The first-order valence-electron chi connectivity index (χ1n) is 9.02. The smallest absolute Gasteiger partial charge is 0.231 e. The first-order chi connectivity index (χ1) is 14.1. The highest BCUT2D eigenvalue weighted by molar-refractivity contribution is 6.30. The first kappa shape index (κ1) is 18.8. The minimum absolute atomic E-state index is 0.0891. The van der Waals surface area contributed by atoms with Crippen LogP contribution >= 0.6 is 11.6 Å². The molecule has 0 atom stereocenters. The third-order valence-corrected chi connectivity index (χ3v) is 4.70. The molecule has 2 heterocycles. The van der Waals surface area contributed by atoms with Crippen molar-refractivity contribution in [3.05, 3.63) is 58.6 Å². The van der Waals surface area contributed by atoms with Crippen molar-refractivity contribution in [2.24, 2.45) is 0 Å². The van der Waals surface area contributed by atoms with Gasteiger partial charge in [0.1, 0.15) is 11.9 Å².